The highest BCUT2D eigenvalue weighted by Gasteiger charge is 2.17. The molecule has 2 rings (SSSR count). The Morgan fingerprint density at radius 2 is 2.12 bits per heavy atom. The van der Waals surface area contributed by atoms with E-state index in [-0.39, 0.29) is 5.91 Å². The third kappa shape index (κ3) is 4.55. The molecule has 0 aliphatic carbocycles. The van der Waals surface area contributed by atoms with Crippen LogP contribution in [-0.2, 0) is 4.74 Å². The topological polar surface area (TPSA) is 77.5 Å². The molecule has 128 valence electrons. The summed E-state index contributed by atoms with van der Waals surface area (Å²) in [7, 11) is 1.31. The van der Waals surface area contributed by atoms with Crippen molar-refractivity contribution >= 4 is 28.3 Å². The number of carbonyl (C=O) groups excluding carboxylic acids is 2. The summed E-state index contributed by atoms with van der Waals surface area (Å²) in [6.07, 6.45) is 2.01. The second kappa shape index (κ2) is 8.44. The number of thiazole rings is 1. The van der Waals surface area contributed by atoms with Gasteiger partial charge in [0.05, 0.1) is 19.4 Å². The second-order valence-electron chi connectivity index (χ2n) is 5.11. The number of carbonyl (C=O) groups is 2. The molecule has 1 aromatic carbocycles. The van der Waals surface area contributed by atoms with Gasteiger partial charge in [-0.05, 0) is 31.5 Å². The second-order valence-corrected chi connectivity index (χ2v) is 6.11. The largest absolute Gasteiger partial charge is 0.494 e. The smallest absolute Gasteiger partial charge is 0.350 e. The average Bonchev–Trinajstić information content (AvgIpc) is 2.95. The molecule has 2 aromatic rings. The standard InChI is InChI=1S/C17H20N2O4S/c1-4-5-9-23-13-8-6-7-12(10-13)15(20)19-17-18-11(2)14(24-17)16(21)22-3/h6-8,10H,4-5,9H2,1-3H3,(H,18,19,20). The van der Waals surface area contributed by atoms with E-state index in [9.17, 15) is 9.59 Å². The molecule has 0 radical (unpaired) electrons. The van der Waals surface area contributed by atoms with Crippen LogP contribution in [0.2, 0.25) is 0 Å². The first-order valence-corrected chi connectivity index (χ1v) is 8.46. The quantitative estimate of drug-likeness (QED) is 0.610. The minimum Gasteiger partial charge on any atom is -0.494 e. The van der Waals surface area contributed by atoms with Gasteiger partial charge in [0.2, 0.25) is 0 Å². The van der Waals surface area contributed by atoms with Crippen LogP contribution >= 0.6 is 11.3 Å². The van der Waals surface area contributed by atoms with Crippen molar-refractivity contribution in [1.82, 2.24) is 4.98 Å². The Morgan fingerprint density at radius 1 is 1.33 bits per heavy atom. The van der Waals surface area contributed by atoms with Gasteiger partial charge in [-0.1, -0.05) is 30.7 Å². The molecule has 1 N–H and O–H groups in total. The molecular weight excluding hydrogens is 328 g/mol. The number of methoxy groups -OCH3 is 1. The van der Waals surface area contributed by atoms with Crippen LogP contribution in [-0.4, -0.2) is 30.6 Å². The van der Waals surface area contributed by atoms with E-state index in [1.165, 1.54) is 7.11 Å². The van der Waals surface area contributed by atoms with Crippen LogP contribution in [0.15, 0.2) is 24.3 Å². The lowest BCUT2D eigenvalue weighted by Gasteiger charge is -2.07. The first-order chi connectivity index (χ1) is 11.5. The SMILES string of the molecule is CCCCOc1cccc(C(=O)Nc2nc(C)c(C(=O)OC)s2)c1. The van der Waals surface area contributed by atoms with Crippen molar-refractivity contribution in [3.63, 3.8) is 0 Å². The number of nitrogens with zero attached hydrogens (tertiary/aromatic N) is 1. The summed E-state index contributed by atoms with van der Waals surface area (Å²) < 4.78 is 10.3. The number of ether oxygens (including phenoxy) is 2. The van der Waals surface area contributed by atoms with E-state index in [2.05, 4.69) is 22.0 Å². The first-order valence-electron chi connectivity index (χ1n) is 7.65. The Morgan fingerprint density at radius 3 is 2.83 bits per heavy atom. The van der Waals surface area contributed by atoms with Crippen LogP contribution in [0.5, 0.6) is 5.75 Å². The fourth-order valence-electron chi connectivity index (χ4n) is 1.96. The van der Waals surface area contributed by atoms with Crippen LogP contribution in [0, 0.1) is 6.92 Å². The molecule has 0 fully saturated rings. The zero-order chi connectivity index (χ0) is 17.5. The average molecular weight is 348 g/mol. The molecule has 0 bridgehead atoms. The van der Waals surface area contributed by atoms with Crippen molar-refractivity contribution in [2.45, 2.75) is 26.7 Å². The third-order valence-electron chi connectivity index (χ3n) is 3.25. The Kier molecular flexibility index (Phi) is 6.31. The maximum atomic E-state index is 12.3. The fraction of sp³-hybridized carbons (Fsp3) is 0.353. The highest BCUT2D eigenvalue weighted by Crippen LogP contribution is 2.24. The summed E-state index contributed by atoms with van der Waals surface area (Å²) in [6.45, 7) is 4.40. The molecule has 0 unspecified atom stereocenters. The zero-order valence-electron chi connectivity index (χ0n) is 13.9. The van der Waals surface area contributed by atoms with Gasteiger partial charge in [-0.2, -0.15) is 0 Å². The van der Waals surface area contributed by atoms with E-state index in [0.717, 1.165) is 24.2 Å². The molecule has 0 atom stereocenters. The molecule has 1 heterocycles. The lowest BCUT2D eigenvalue weighted by atomic mass is 10.2. The lowest BCUT2D eigenvalue weighted by Crippen LogP contribution is -2.11. The minimum atomic E-state index is -0.461. The van der Waals surface area contributed by atoms with Crippen molar-refractivity contribution in [3.8, 4) is 5.75 Å². The molecule has 24 heavy (non-hydrogen) atoms. The van der Waals surface area contributed by atoms with Crippen LogP contribution < -0.4 is 10.1 Å². The van der Waals surface area contributed by atoms with E-state index in [0.29, 0.717) is 33.6 Å². The molecule has 0 spiro atoms. The van der Waals surface area contributed by atoms with Crippen molar-refractivity contribution < 1.29 is 19.1 Å². The molecule has 7 heteroatoms. The highest BCUT2D eigenvalue weighted by atomic mass is 32.1. The summed E-state index contributed by atoms with van der Waals surface area (Å²) in [6, 6.07) is 6.97. The molecule has 0 saturated heterocycles. The van der Waals surface area contributed by atoms with E-state index in [1.807, 2.05) is 6.07 Å². The number of nitrogens with one attached hydrogen (secondary N) is 1. The Balaban J connectivity index is 2.07. The van der Waals surface area contributed by atoms with Crippen LogP contribution in [0.25, 0.3) is 0 Å². The van der Waals surface area contributed by atoms with Gasteiger partial charge in [-0.3, -0.25) is 10.1 Å². The maximum Gasteiger partial charge on any atom is 0.350 e. The van der Waals surface area contributed by atoms with Gasteiger partial charge in [0.15, 0.2) is 5.13 Å². The number of benzene rings is 1. The molecule has 0 aliphatic rings. The van der Waals surface area contributed by atoms with Gasteiger partial charge >= 0.3 is 5.97 Å². The summed E-state index contributed by atoms with van der Waals surface area (Å²) in [5.74, 6) is -0.111. The van der Waals surface area contributed by atoms with Gasteiger partial charge in [-0.25, -0.2) is 9.78 Å². The van der Waals surface area contributed by atoms with Gasteiger partial charge in [0.1, 0.15) is 10.6 Å². The van der Waals surface area contributed by atoms with Crippen molar-refractivity contribution in [1.29, 1.82) is 0 Å². The summed E-state index contributed by atoms with van der Waals surface area (Å²) in [4.78, 5) is 28.5. The van der Waals surface area contributed by atoms with Crippen LogP contribution in [0.3, 0.4) is 0 Å². The number of aromatic nitrogens is 1. The van der Waals surface area contributed by atoms with E-state index in [1.54, 1.807) is 25.1 Å². The molecule has 0 saturated carbocycles. The first kappa shape index (κ1) is 17.9. The van der Waals surface area contributed by atoms with Gasteiger partial charge < -0.3 is 9.47 Å². The van der Waals surface area contributed by atoms with Crippen molar-refractivity contribution in [3.05, 3.63) is 40.4 Å². The Labute approximate surface area is 144 Å². The number of aryl methyl sites for hydroxylation is 1. The lowest BCUT2D eigenvalue weighted by molar-refractivity contribution is 0.0605. The Hall–Kier alpha value is -2.41. The van der Waals surface area contributed by atoms with Gasteiger partial charge in [-0.15, -0.1) is 0 Å². The zero-order valence-corrected chi connectivity index (χ0v) is 14.7. The summed E-state index contributed by atoms with van der Waals surface area (Å²) in [5, 5.41) is 3.05. The molecule has 1 aromatic heterocycles. The van der Waals surface area contributed by atoms with E-state index < -0.39 is 5.97 Å². The number of hydrogen-bond donors (Lipinski definition) is 1. The van der Waals surface area contributed by atoms with Crippen LogP contribution in [0.1, 0.15) is 45.5 Å². The maximum absolute atomic E-state index is 12.3. The fourth-order valence-corrected chi connectivity index (χ4v) is 2.84. The minimum absolute atomic E-state index is 0.305. The van der Waals surface area contributed by atoms with Gasteiger partial charge in [0, 0.05) is 5.56 Å². The number of amides is 1. The number of hydrogen-bond acceptors (Lipinski definition) is 6. The van der Waals surface area contributed by atoms with E-state index in [4.69, 9.17) is 4.74 Å². The highest BCUT2D eigenvalue weighted by molar-refractivity contribution is 7.17. The molecule has 0 aliphatic heterocycles. The normalized spacial score (nSPS) is 10.3. The third-order valence-corrected chi connectivity index (χ3v) is 4.30. The predicted molar refractivity (Wildman–Crippen MR) is 93.0 cm³/mol. The van der Waals surface area contributed by atoms with Gasteiger partial charge in [0.25, 0.3) is 5.91 Å². The number of anilines is 1. The number of unbranched alkanes of at least 4 members (excludes halogenated alkanes) is 1. The number of rotatable bonds is 7. The molecular formula is C17H20N2O4S. The molecule has 1 amide bonds. The summed E-state index contributed by atoms with van der Waals surface area (Å²) >= 11 is 1.09. The predicted octanol–water partition coefficient (Wildman–Crippen LogP) is 3.67. The van der Waals surface area contributed by atoms with Crippen molar-refractivity contribution in [2.75, 3.05) is 19.0 Å². The Bertz CT molecular complexity index is 727. The van der Waals surface area contributed by atoms with Crippen LogP contribution in [0.4, 0.5) is 5.13 Å². The number of esters is 1. The van der Waals surface area contributed by atoms with E-state index >= 15 is 0 Å². The van der Waals surface area contributed by atoms with Crippen molar-refractivity contribution in [2.24, 2.45) is 0 Å². The molecule has 6 nitrogen and oxygen atoms in total. The summed E-state index contributed by atoms with van der Waals surface area (Å²) in [5.41, 5.74) is 0.996. The monoisotopic (exact) mass is 348 g/mol.